The van der Waals surface area contributed by atoms with Gasteiger partial charge >= 0.3 is 0 Å². The van der Waals surface area contributed by atoms with Gasteiger partial charge in [0.25, 0.3) is 5.91 Å². The van der Waals surface area contributed by atoms with Crippen molar-refractivity contribution < 1.29 is 9.53 Å². The number of rotatable bonds is 3. The van der Waals surface area contributed by atoms with Crippen LogP contribution in [0.2, 0.25) is 5.02 Å². The van der Waals surface area contributed by atoms with Gasteiger partial charge in [-0.3, -0.25) is 4.79 Å². The standard InChI is InChI=1S/C15H14BrClN2O2/c1-8-5-9(3-4-12(8)18)15(20)19-13-7-10(17)6-11(16)14(13)21-2/h3-7H,18H2,1-2H3,(H,19,20). The van der Waals surface area contributed by atoms with E-state index in [0.717, 1.165) is 5.56 Å². The Bertz CT molecular complexity index is 704. The lowest BCUT2D eigenvalue weighted by atomic mass is 10.1. The molecule has 2 aromatic carbocycles. The van der Waals surface area contributed by atoms with Gasteiger partial charge in [-0.1, -0.05) is 11.6 Å². The third-order valence-electron chi connectivity index (χ3n) is 2.99. The number of anilines is 2. The number of carbonyl (C=O) groups is 1. The van der Waals surface area contributed by atoms with Gasteiger partial charge in [-0.25, -0.2) is 0 Å². The Kier molecular flexibility index (Phi) is 4.75. The summed E-state index contributed by atoms with van der Waals surface area (Å²) in [5.74, 6) is 0.255. The van der Waals surface area contributed by atoms with Gasteiger partial charge < -0.3 is 15.8 Å². The van der Waals surface area contributed by atoms with Crippen LogP contribution in [0.25, 0.3) is 0 Å². The Morgan fingerprint density at radius 1 is 1.33 bits per heavy atom. The molecule has 2 rings (SSSR count). The number of hydrogen-bond acceptors (Lipinski definition) is 3. The first-order chi connectivity index (χ1) is 9.92. The van der Waals surface area contributed by atoms with Gasteiger partial charge in [-0.15, -0.1) is 0 Å². The smallest absolute Gasteiger partial charge is 0.255 e. The van der Waals surface area contributed by atoms with E-state index in [1.807, 2.05) is 6.92 Å². The lowest BCUT2D eigenvalue weighted by molar-refractivity contribution is 0.102. The van der Waals surface area contributed by atoms with Gasteiger partial charge in [0.05, 0.1) is 17.3 Å². The molecule has 0 bridgehead atoms. The number of hydrogen-bond donors (Lipinski definition) is 2. The van der Waals surface area contributed by atoms with Crippen LogP contribution in [0.5, 0.6) is 5.75 Å². The van der Waals surface area contributed by atoms with Gasteiger partial charge in [-0.2, -0.15) is 0 Å². The van der Waals surface area contributed by atoms with Crippen LogP contribution in [0.1, 0.15) is 15.9 Å². The molecule has 110 valence electrons. The Labute approximate surface area is 136 Å². The third-order valence-corrected chi connectivity index (χ3v) is 3.80. The number of nitrogens with one attached hydrogen (secondary N) is 1. The van der Waals surface area contributed by atoms with Crippen LogP contribution in [-0.2, 0) is 0 Å². The van der Waals surface area contributed by atoms with Crippen molar-refractivity contribution in [2.24, 2.45) is 0 Å². The molecule has 3 N–H and O–H groups in total. The van der Waals surface area contributed by atoms with E-state index in [1.54, 1.807) is 30.3 Å². The Morgan fingerprint density at radius 2 is 2.05 bits per heavy atom. The molecule has 0 aromatic heterocycles. The second-order valence-corrected chi connectivity index (χ2v) is 5.78. The molecule has 0 radical (unpaired) electrons. The second kappa shape index (κ2) is 6.37. The maximum absolute atomic E-state index is 12.3. The number of benzene rings is 2. The summed E-state index contributed by atoms with van der Waals surface area (Å²) < 4.78 is 5.94. The first-order valence-electron chi connectivity index (χ1n) is 6.13. The molecular weight excluding hydrogens is 356 g/mol. The second-order valence-electron chi connectivity index (χ2n) is 4.49. The number of nitrogens with two attached hydrogens (primary N) is 1. The maximum Gasteiger partial charge on any atom is 0.255 e. The number of halogens is 2. The molecule has 0 heterocycles. The van der Waals surface area contributed by atoms with E-state index in [4.69, 9.17) is 22.1 Å². The average Bonchev–Trinajstić information content (AvgIpc) is 2.41. The molecule has 1 amide bonds. The van der Waals surface area contributed by atoms with E-state index < -0.39 is 0 Å². The van der Waals surface area contributed by atoms with Crippen LogP contribution in [0, 0.1) is 6.92 Å². The van der Waals surface area contributed by atoms with E-state index >= 15 is 0 Å². The molecule has 0 atom stereocenters. The number of ether oxygens (including phenoxy) is 1. The van der Waals surface area contributed by atoms with Crippen LogP contribution >= 0.6 is 27.5 Å². The number of nitrogen functional groups attached to an aromatic ring is 1. The van der Waals surface area contributed by atoms with Gasteiger partial charge in [0.1, 0.15) is 0 Å². The molecule has 0 spiro atoms. The van der Waals surface area contributed by atoms with E-state index in [2.05, 4.69) is 21.2 Å². The van der Waals surface area contributed by atoms with Gasteiger partial charge in [0, 0.05) is 16.3 Å². The lowest BCUT2D eigenvalue weighted by Crippen LogP contribution is -2.13. The summed E-state index contributed by atoms with van der Waals surface area (Å²) in [4.78, 5) is 12.3. The van der Waals surface area contributed by atoms with E-state index in [9.17, 15) is 4.79 Å². The highest BCUT2D eigenvalue weighted by molar-refractivity contribution is 9.10. The number of carbonyl (C=O) groups excluding carboxylic acids is 1. The first kappa shape index (κ1) is 15.7. The van der Waals surface area contributed by atoms with E-state index in [-0.39, 0.29) is 5.91 Å². The number of methoxy groups -OCH3 is 1. The molecular formula is C15H14BrClN2O2. The summed E-state index contributed by atoms with van der Waals surface area (Å²) in [6.07, 6.45) is 0. The fourth-order valence-corrected chi connectivity index (χ4v) is 2.84. The zero-order valence-corrected chi connectivity index (χ0v) is 13.9. The van der Waals surface area contributed by atoms with Crippen molar-refractivity contribution >= 4 is 44.8 Å². The highest BCUT2D eigenvalue weighted by atomic mass is 79.9. The molecule has 4 nitrogen and oxygen atoms in total. The minimum atomic E-state index is -0.259. The van der Waals surface area contributed by atoms with Crippen molar-refractivity contribution in [3.63, 3.8) is 0 Å². The normalized spacial score (nSPS) is 10.3. The van der Waals surface area contributed by atoms with Gasteiger partial charge in [0.2, 0.25) is 0 Å². The van der Waals surface area contributed by atoms with Crippen LogP contribution in [0.15, 0.2) is 34.8 Å². The molecule has 0 aliphatic heterocycles. The van der Waals surface area contributed by atoms with Crippen LogP contribution in [-0.4, -0.2) is 13.0 Å². The maximum atomic E-state index is 12.3. The zero-order valence-electron chi connectivity index (χ0n) is 11.5. The van der Waals surface area contributed by atoms with Crippen molar-refractivity contribution in [1.29, 1.82) is 0 Å². The summed E-state index contributed by atoms with van der Waals surface area (Å²) in [7, 11) is 1.52. The van der Waals surface area contributed by atoms with Crippen LogP contribution < -0.4 is 15.8 Å². The molecule has 0 unspecified atom stereocenters. The van der Waals surface area contributed by atoms with Crippen molar-refractivity contribution in [2.45, 2.75) is 6.92 Å². The average molecular weight is 370 g/mol. The SMILES string of the molecule is COc1c(Br)cc(Cl)cc1NC(=O)c1ccc(N)c(C)c1. The Morgan fingerprint density at radius 3 is 2.67 bits per heavy atom. The predicted octanol–water partition coefficient (Wildman–Crippen LogP) is 4.25. The van der Waals surface area contributed by atoms with Gasteiger partial charge in [-0.05, 0) is 58.7 Å². The van der Waals surface area contributed by atoms with E-state index in [1.165, 1.54) is 7.11 Å². The molecule has 6 heteroatoms. The van der Waals surface area contributed by atoms with Crippen molar-refractivity contribution in [2.75, 3.05) is 18.2 Å². The monoisotopic (exact) mass is 368 g/mol. The van der Waals surface area contributed by atoms with Crippen LogP contribution in [0.3, 0.4) is 0 Å². The Balaban J connectivity index is 2.33. The van der Waals surface area contributed by atoms with Gasteiger partial charge in [0.15, 0.2) is 5.75 Å². The molecule has 2 aromatic rings. The molecule has 21 heavy (non-hydrogen) atoms. The predicted molar refractivity (Wildman–Crippen MR) is 89.2 cm³/mol. The topological polar surface area (TPSA) is 64.3 Å². The molecule has 0 fully saturated rings. The summed E-state index contributed by atoms with van der Waals surface area (Å²) in [6.45, 7) is 1.85. The summed E-state index contributed by atoms with van der Waals surface area (Å²) in [5, 5.41) is 3.28. The van der Waals surface area contributed by atoms with Crippen molar-refractivity contribution in [3.05, 3.63) is 51.0 Å². The van der Waals surface area contributed by atoms with Crippen molar-refractivity contribution in [3.8, 4) is 5.75 Å². The zero-order chi connectivity index (χ0) is 15.6. The fourth-order valence-electron chi connectivity index (χ4n) is 1.87. The number of aryl methyl sites for hydroxylation is 1. The highest BCUT2D eigenvalue weighted by Crippen LogP contribution is 2.36. The largest absolute Gasteiger partial charge is 0.493 e. The molecule has 0 aliphatic carbocycles. The highest BCUT2D eigenvalue weighted by Gasteiger charge is 2.14. The van der Waals surface area contributed by atoms with Crippen molar-refractivity contribution in [1.82, 2.24) is 0 Å². The minimum absolute atomic E-state index is 0.259. The van der Waals surface area contributed by atoms with E-state index in [0.29, 0.717) is 32.2 Å². The summed E-state index contributed by atoms with van der Waals surface area (Å²) in [6, 6.07) is 8.44. The molecule has 0 aliphatic rings. The van der Waals surface area contributed by atoms with Crippen LogP contribution in [0.4, 0.5) is 11.4 Å². The quantitative estimate of drug-likeness (QED) is 0.795. The summed E-state index contributed by atoms with van der Waals surface area (Å²) >= 11 is 9.35. The molecule has 0 saturated heterocycles. The fraction of sp³-hybridized carbons (Fsp3) is 0.133. The number of amides is 1. The lowest BCUT2D eigenvalue weighted by Gasteiger charge is -2.13. The first-order valence-corrected chi connectivity index (χ1v) is 7.30. The Hall–Kier alpha value is -1.72. The third kappa shape index (κ3) is 3.49. The minimum Gasteiger partial charge on any atom is -0.493 e. The summed E-state index contributed by atoms with van der Waals surface area (Å²) in [5.41, 5.74) is 8.26. The molecule has 0 saturated carbocycles.